The number of hydrogen-bond donors (Lipinski definition) is 2. The third kappa shape index (κ3) is 3.22. The summed E-state index contributed by atoms with van der Waals surface area (Å²) in [6.45, 7) is 5.78. The topological polar surface area (TPSA) is 114 Å². The van der Waals surface area contributed by atoms with Gasteiger partial charge in [-0.05, 0) is 6.07 Å². The zero-order valence-electron chi connectivity index (χ0n) is 11.9. The first-order valence-corrected chi connectivity index (χ1v) is 6.26. The average Bonchev–Trinajstić information content (AvgIpc) is 2.88. The molecule has 0 bridgehead atoms. The summed E-state index contributed by atoms with van der Waals surface area (Å²) in [6, 6.07) is 5.89. The number of carbonyl (C=O) groups excluding carboxylic acids is 1. The molecule has 2 aromatic rings. The smallest absolute Gasteiger partial charge is 0.295 e. The molecule has 1 heterocycles. The number of rotatable bonds is 3. The van der Waals surface area contributed by atoms with Crippen molar-refractivity contribution < 1.29 is 9.72 Å². The minimum atomic E-state index is -0.601. The van der Waals surface area contributed by atoms with Crippen molar-refractivity contribution in [1.29, 1.82) is 0 Å². The fraction of sp³-hybridized carbons (Fsp3) is 0.308. The monoisotopic (exact) mass is 289 g/mol. The van der Waals surface area contributed by atoms with Gasteiger partial charge in [0.05, 0.1) is 4.92 Å². The van der Waals surface area contributed by atoms with Crippen molar-refractivity contribution >= 4 is 17.3 Å². The van der Waals surface area contributed by atoms with E-state index >= 15 is 0 Å². The van der Waals surface area contributed by atoms with Crippen LogP contribution in [0.5, 0.6) is 0 Å². The summed E-state index contributed by atoms with van der Waals surface area (Å²) in [6.07, 6.45) is 0. The molecule has 0 radical (unpaired) electrons. The predicted octanol–water partition coefficient (Wildman–Crippen LogP) is 2.26. The van der Waals surface area contributed by atoms with Crippen molar-refractivity contribution in [3.05, 3.63) is 46.0 Å². The van der Waals surface area contributed by atoms with Crippen LogP contribution in [0.25, 0.3) is 0 Å². The third-order valence-electron chi connectivity index (χ3n) is 2.75. The van der Waals surface area contributed by atoms with Gasteiger partial charge in [0, 0.05) is 11.5 Å². The molecule has 0 fully saturated rings. The van der Waals surface area contributed by atoms with Gasteiger partial charge >= 0.3 is 0 Å². The van der Waals surface area contributed by atoms with E-state index in [2.05, 4.69) is 20.5 Å². The molecule has 2 rings (SSSR count). The van der Waals surface area contributed by atoms with E-state index in [-0.39, 0.29) is 22.6 Å². The van der Waals surface area contributed by atoms with Crippen molar-refractivity contribution in [2.45, 2.75) is 26.2 Å². The molecule has 0 atom stereocenters. The maximum Gasteiger partial charge on any atom is 0.295 e. The molecule has 2 N–H and O–H groups in total. The number of H-pyrrole nitrogens is 1. The Kier molecular flexibility index (Phi) is 3.70. The van der Waals surface area contributed by atoms with E-state index in [1.54, 1.807) is 6.07 Å². The highest BCUT2D eigenvalue weighted by Crippen LogP contribution is 2.23. The Balaban J connectivity index is 2.23. The highest BCUT2D eigenvalue weighted by atomic mass is 16.6. The molecule has 0 saturated carbocycles. The van der Waals surface area contributed by atoms with Crippen molar-refractivity contribution in [2.75, 3.05) is 5.32 Å². The van der Waals surface area contributed by atoms with Gasteiger partial charge in [0.1, 0.15) is 11.5 Å². The molecular weight excluding hydrogens is 274 g/mol. The summed E-state index contributed by atoms with van der Waals surface area (Å²) < 4.78 is 0. The van der Waals surface area contributed by atoms with Gasteiger partial charge in [0.15, 0.2) is 0 Å². The highest BCUT2D eigenvalue weighted by molar-refractivity contribution is 6.02. The summed E-state index contributed by atoms with van der Waals surface area (Å²) in [5.74, 6) is -0.0932. The molecule has 110 valence electrons. The third-order valence-corrected chi connectivity index (χ3v) is 2.75. The summed E-state index contributed by atoms with van der Waals surface area (Å²) in [4.78, 5) is 26.5. The summed E-state index contributed by atoms with van der Waals surface area (Å²) >= 11 is 0. The number of carbonyl (C=O) groups is 1. The molecule has 0 spiro atoms. The summed E-state index contributed by atoms with van der Waals surface area (Å²) in [7, 11) is 0. The van der Waals surface area contributed by atoms with Crippen LogP contribution < -0.4 is 5.32 Å². The quantitative estimate of drug-likeness (QED) is 0.664. The molecule has 0 aliphatic rings. The molecule has 1 amide bonds. The first kappa shape index (κ1) is 14.6. The average molecular weight is 289 g/mol. The molecule has 8 heteroatoms. The van der Waals surface area contributed by atoms with Crippen LogP contribution >= 0.6 is 0 Å². The van der Waals surface area contributed by atoms with Crippen LogP contribution in [-0.4, -0.2) is 26.0 Å². The Morgan fingerprint density at radius 1 is 1.33 bits per heavy atom. The van der Waals surface area contributed by atoms with E-state index in [1.165, 1.54) is 18.2 Å². The van der Waals surface area contributed by atoms with Crippen molar-refractivity contribution in [2.24, 2.45) is 0 Å². The maximum atomic E-state index is 12.1. The van der Waals surface area contributed by atoms with Crippen molar-refractivity contribution in [3.63, 3.8) is 0 Å². The molecule has 0 unspecified atom stereocenters. The number of nitro groups is 1. The Bertz CT molecular complexity index is 687. The molecule has 0 saturated heterocycles. The van der Waals surface area contributed by atoms with E-state index < -0.39 is 10.8 Å². The second-order valence-corrected chi connectivity index (χ2v) is 5.49. The predicted molar refractivity (Wildman–Crippen MR) is 76.1 cm³/mol. The highest BCUT2D eigenvalue weighted by Gasteiger charge is 2.22. The van der Waals surface area contributed by atoms with E-state index in [0.29, 0.717) is 5.82 Å². The van der Waals surface area contributed by atoms with Gasteiger partial charge in [-0.2, -0.15) is 0 Å². The number of hydrogen-bond acceptors (Lipinski definition) is 5. The lowest BCUT2D eigenvalue weighted by molar-refractivity contribution is -0.383. The van der Waals surface area contributed by atoms with Crippen LogP contribution in [0, 0.1) is 10.1 Å². The van der Waals surface area contributed by atoms with Crippen molar-refractivity contribution in [3.8, 4) is 0 Å². The Morgan fingerprint density at radius 2 is 2.00 bits per heavy atom. The Labute approximate surface area is 120 Å². The van der Waals surface area contributed by atoms with Gasteiger partial charge in [0.2, 0.25) is 5.82 Å². The number of amides is 1. The van der Waals surface area contributed by atoms with Crippen LogP contribution in [0.3, 0.4) is 0 Å². The first-order chi connectivity index (χ1) is 9.79. The van der Waals surface area contributed by atoms with E-state index in [4.69, 9.17) is 0 Å². The number of aromatic nitrogens is 3. The van der Waals surface area contributed by atoms with E-state index in [1.807, 2.05) is 20.8 Å². The zero-order valence-corrected chi connectivity index (χ0v) is 11.9. The number of benzene rings is 1. The van der Waals surface area contributed by atoms with Crippen LogP contribution in [-0.2, 0) is 5.41 Å². The summed E-state index contributed by atoms with van der Waals surface area (Å²) in [5, 5.41) is 19.9. The van der Waals surface area contributed by atoms with Gasteiger partial charge in [-0.1, -0.05) is 32.9 Å². The first-order valence-electron chi connectivity index (χ1n) is 6.26. The fourth-order valence-electron chi connectivity index (χ4n) is 1.62. The lowest BCUT2D eigenvalue weighted by atomic mass is 9.96. The normalized spacial score (nSPS) is 11.2. The van der Waals surface area contributed by atoms with E-state index in [0.717, 1.165) is 0 Å². The number of anilines is 1. The van der Waals surface area contributed by atoms with Gasteiger partial charge in [-0.25, -0.2) is 4.98 Å². The molecule has 1 aromatic heterocycles. The Morgan fingerprint density at radius 3 is 2.57 bits per heavy atom. The lowest BCUT2D eigenvalue weighted by Gasteiger charge is -2.12. The number of aromatic amines is 1. The maximum absolute atomic E-state index is 12.1. The minimum absolute atomic E-state index is 0.0573. The van der Waals surface area contributed by atoms with Gasteiger partial charge in [-0.3, -0.25) is 20.0 Å². The lowest BCUT2D eigenvalue weighted by Crippen LogP contribution is -2.16. The molecular formula is C13H15N5O3. The number of para-hydroxylation sites is 2. The van der Waals surface area contributed by atoms with Crippen molar-refractivity contribution in [1.82, 2.24) is 15.2 Å². The SMILES string of the molecule is CC(C)(C)c1nc(C(=O)Nc2ccccc2[N+](=O)[O-])n[nH]1. The van der Waals surface area contributed by atoms with E-state index in [9.17, 15) is 14.9 Å². The molecule has 8 nitrogen and oxygen atoms in total. The summed E-state index contributed by atoms with van der Waals surface area (Å²) in [5.41, 5.74) is -0.350. The largest absolute Gasteiger partial charge is 0.313 e. The number of nitrogens with zero attached hydrogens (tertiary/aromatic N) is 3. The molecule has 1 aromatic carbocycles. The van der Waals surface area contributed by atoms with Gasteiger partial charge in [-0.15, -0.1) is 5.10 Å². The van der Waals surface area contributed by atoms with Crippen LogP contribution in [0.4, 0.5) is 11.4 Å². The standard InChI is InChI=1S/C13H15N5O3/c1-13(2,3)12-15-10(16-17-12)11(19)14-8-6-4-5-7-9(8)18(20)21/h4-7H,1-3H3,(H,14,19)(H,15,16,17). The van der Waals surface area contributed by atoms with Crippen LogP contribution in [0.2, 0.25) is 0 Å². The molecule has 0 aliphatic carbocycles. The number of nitrogens with one attached hydrogen (secondary N) is 2. The minimum Gasteiger partial charge on any atom is -0.313 e. The van der Waals surface area contributed by atoms with Crippen LogP contribution in [0.1, 0.15) is 37.2 Å². The molecule has 0 aliphatic heterocycles. The fourth-order valence-corrected chi connectivity index (χ4v) is 1.62. The van der Waals surface area contributed by atoms with Crippen LogP contribution in [0.15, 0.2) is 24.3 Å². The Hall–Kier alpha value is -2.77. The van der Waals surface area contributed by atoms with Gasteiger partial charge < -0.3 is 5.32 Å². The van der Waals surface area contributed by atoms with Gasteiger partial charge in [0.25, 0.3) is 11.6 Å². The zero-order chi connectivity index (χ0) is 15.6. The number of nitro benzene ring substituents is 1. The second-order valence-electron chi connectivity index (χ2n) is 5.49. The molecule has 21 heavy (non-hydrogen) atoms. The second kappa shape index (κ2) is 5.31.